The molecule has 1 radical (unpaired) electrons. The van der Waals surface area contributed by atoms with Crippen LogP contribution in [0.5, 0.6) is 0 Å². The number of rotatable bonds is 4. The van der Waals surface area contributed by atoms with Gasteiger partial charge in [0.25, 0.3) is 0 Å². The maximum Gasteiger partial charge on any atom is 0.0665 e. The quantitative estimate of drug-likeness (QED) is 0.578. The van der Waals surface area contributed by atoms with Gasteiger partial charge < -0.3 is 10.4 Å². The molecule has 2 nitrogen and oxygen atoms in total. The lowest BCUT2D eigenvalue weighted by Crippen LogP contribution is -2.27. The third-order valence-corrected chi connectivity index (χ3v) is 0.933. The minimum absolute atomic E-state index is 0.469. The molecular formula is C7H16NO. The number of aliphatic hydroxyl groups is 1. The summed E-state index contributed by atoms with van der Waals surface area (Å²) in [7, 11) is 0. The van der Waals surface area contributed by atoms with Crippen molar-refractivity contribution in [2.45, 2.75) is 20.0 Å². The van der Waals surface area contributed by atoms with E-state index in [1.54, 1.807) is 0 Å². The molecule has 0 aliphatic carbocycles. The Morgan fingerprint density at radius 1 is 1.44 bits per heavy atom. The minimum Gasteiger partial charge on any atom is -0.392 e. The summed E-state index contributed by atoms with van der Waals surface area (Å²) in [6.45, 7) is 9.23. The van der Waals surface area contributed by atoms with Crippen LogP contribution in [0.1, 0.15) is 13.8 Å². The Morgan fingerprint density at radius 2 is 2.00 bits per heavy atom. The van der Waals surface area contributed by atoms with E-state index in [0.717, 1.165) is 6.54 Å². The molecular weight excluding hydrogens is 114 g/mol. The number of aliphatic hydroxyl groups excluding tert-OH is 1. The SMILES string of the molecule is [CH2]C(O)CNCC(C)C. The number of hydrogen-bond donors (Lipinski definition) is 2. The van der Waals surface area contributed by atoms with Crippen molar-refractivity contribution >= 4 is 0 Å². The fraction of sp³-hybridized carbons (Fsp3) is 0.857. The van der Waals surface area contributed by atoms with Gasteiger partial charge in [0.15, 0.2) is 0 Å². The molecule has 0 aromatic heterocycles. The largest absolute Gasteiger partial charge is 0.392 e. The number of nitrogens with one attached hydrogen (secondary N) is 1. The Morgan fingerprint density at radius 3 is 2.33 bits per heavy atom. The lowest BCUT2D eigenvalue weighted by Gasteiger charge is -2.07. The van der Waals surface area contributed by atoms with Crippen molar-refractivity contribution in [1.82, 2.24) is 5.32 Å². The molecule has 0 bridgehead atoms. The van der Waals surface area contributed by atoms with Gasteiger partial charge in [0.05, 0.1) is 6.10 Å². The van der Waals surface area contributed by atoms with Crippen LogP contribution in [0.3, 0.4) is 0 Å². The highest BCUT2D eigenvalue weighted by Crippen LogP contribution is 1.86. The van der Waals surface area contributed by atoms with Crippen molar-refractivity contribution in [3.8, 4) is 0 Å². The molecule has 0 aromatic carbocycles. The van der Waals surface area contributed by atoms with Gasteiger partial charge >= 0.3 is 0 Å². The molecule has 0 aliphatic rings. The summed E-state index contributed by atoms with van der Waals surface area (Å²) in [5, 5.41) is 11.8. The van der Waals surface area contributed by atoms with Crippen molar-refractivity contribution in [3.05, 3.63) is 6.92 Å². The molecule has 0 heterocycles. The summed E-state index contributed by atoms with van der Waals surface area (Å²) in [5.74, 6) is 0.642. The maximum absolute atomic E-state index is 8.69. The average Bonchev–Trinajstić information content (AvgIpc) is 1.63. The topological polar surface area (TPSA) is 32.3 Å². The second kappa shape index (κ2) is 4.77. The van der Waals surface area contributed by atoms with Crippen molar-refractivity contribution in [1.29, 1.82) is 0 Å². The molecule has 0 aliphatic heterocycles. The fourth-order valence-electron chi connectivity index (χ4n) is 0.539. The van der Waals surface area contributed by atoms with Gasteiger partial charge in [0, 0.05) is 6.54 Å². The van der Waals surface area contributed by atoms with Gasteiger partial charge in [-0.2, -0.15) is 0 Å². The van der Waals surface area contributed by atoms with Crippen LogP contribution in [0.25, 0.3) is 0 Å². The zero-order valence-corrected chi connectivity index (χ0v) is 6.22. The van der Waals surface area contributed by atoms with Crippen molar-refractivity contribution in [2.75, 3.05) is 13.1 Å². The van der Waals surface area contributed by atoms with E-state index < -0.39 is 6.10 Å². The van der Waals surface area contributed by atoms with Crippen molar-refractivity contribution in [2.24, 2.45) is 5.92 Å². The van der Waals surface area contributed by atoms with E-state index in [9.17, 15) is 0 Å². The molecule has 9 heavy (non-hydrogen) atoms. The Labute approximate surface area is 57.3 Å². The van der Waals surface area contributed by atoms with Crippen LogP contribution in [0, 0.1) is 12.8 Å². The third-order valence-electron chi connectivity index (χ3n) is 0.933. The van der Waals surface area contributed by atoms with E-state index in [0.29, 0.717) is 12.5 Å². The second-order valence-electron chi connectivity index (χ2n) is 2.71. The second-order valence-corrected chi connectivity index (χ2v) is 2.71. The fourth-order valence-corrected chi connectivity index (χ4v) is 0.539. The molecule has 0 saturated carbocycles. The Bertz CT molecular complexity index is 53.9. The molecule has 0 saturated heterocycles. The zero-order valence-electron chi connectivity index (χ0n) is 6.22. The van der Waals surface area contributed by atoms with Crippen molar-refractivity contribution < 1.29 is 5.11 Å². The van der Waals surface area contributed by atoms with E-state index in [1.165, 1.54) is 0 Å². The molecule has 0 rings (SSSR count). The summed E-state index contributed by atoms with van der Waals surface area (Å²) < 4.78 is 0. The van der Waals surface area contributed by atoms with Gasteiger partial charge in [-0.1, -0.05) is 13.8 Å². The Hall–Kier alpha value is -0.0800. The molecule has 0 fully saturated rings. The molecule has 1 unspecified atom stereocenters. The standard InChI is InChI=1S/C7H16NO/c1-6(2)4-8-5-7(3)9/h6-9H,3-5H2,1-2H3. The lowest BCUT2D eigenvalue weighted by molar-refractivity contribution is 0.215. The molecule has 55 valence electrons. The van der Waals surface area contributed by atoms with E-state index in [-0.39, 0.29) is 0 Å². The van der Waals surface area contributed by atoms with Gasteiger partial charge in [-0.05, 0) is 19.4 Å². The molecule has 0 spiro atoms. The first kappa shape index (κ1) is 8.92. The molecule has 0 amide bonds. The smallest absolute Gasteiger partial charge is 0.0665 e. The van der Waals surface area contributed by atoms with E-state index >= 15 is 0 Å². The first-order valence-electron chi connectivity index (χ1n) is 3.34. The summed E-state index contributed by atoms with van der Waals surface area (Å²) in [6.07, 6.45) is -0.469. The highest BCUT2D eigenvalue weighted by Gasteiger charge is 1.95. The van der Waals surface area contributed by atoms with Gasteiger partial charge in [0.2, 0.25) is 0 Å². The van der Waals surface area contributed by atoms with Crippen LogP contribution in [0.15, 0.2) is 0 Å². The predicted molar refractivity (Wildman–Crippen MR) is 39.1 cm³/mol. The maximum atomic E-state index is 8.69. The van der Waals surface area contributed by atoms with E-state index in [1.807, 2.05) is 0 Å². The van der Waals surface area contributed by atoms with E-state index in [4.69, 9.17) is 5.11 Å². The monoisotopic (exact) mass is 130 g/mol. The molecule has 2 N–H and O–H groups in total. The summed E-state index contributed by atoms with van der Waals surface area (Å²) in [5.41, 5.74) is 0. The highest BCUT2D eigenvalue weighted by atomic mass is 16.3. The summed E-state index contributed by atoms with van der Waals surface area (Å²) in [4.78, 5) is 0. The van der Waals surface area contributed by atoms with Crippen LogP contribution in [-0.4, -0.2) is 24.3 Å². The first-order chi connectivity index (χ1) is 4.13. The number of hydrogen-bond acceptors (Lipinski definition) is 2. The molecule has 0 aromatic rings. The van der Waals surface area contributed by atoms with Crippen LogP contribution in [0.4, 0.5) is 0 Å². The molecule has 1 atom stereocenters. The zero-order chi connectivity index (χ0) is 7.28. The predicted octanol–water partition coefficient (Wildman–Crippen LogP) is 0.427. The summed E-state index contributed by atoms with van der Waals surface area (Å²) >= 11 is 0. The minimum atomic E-state index is -0.469. The van der Waals surface area contributed by atoms with Gasteiger partial charge in [-0.3, -0.25) is 0 Å². The highest BCUT2D eigenvalue weighted by molar-refractivity contribution is 4.60. The van der Waals surface area contributed by atoms with Crippen molar-refractivity contribution in [3.63, 3.8) is 0 Å². The summed E-state index contributed by atoms with van der Waals surface area (Å²) in [6, 6.07) is 0. The van der Waals surface area contributed by atoms with Gasteiger partial charge in [-0.15, -0.1) is 0 Å². The van der Waals surface area contributed by atoms with Gasteiger partial charge in [-0.25, -0.2) is 0 Å². The van der Waals surface area contributed by atoms with Crippen LogP contribution >= 0.6 is 0 Å². The van der Waals surface area contributed by atoms with Gasteiger partial charge in [0.1, 0.15) is 0 Å². The molecule has 2 heteroatoms. The lowest BCUT2D eigenvalue weighted by atomic mass is 10.2. The van der Waals surface area contributed by atoms with Crippen LogP contribution in [0.2, 0.25) is 0 Å². The van der Waals surface area contributed by atoms with E-state index in [2.05, 4.69) is 26.1 Å². The normalized spacial score (nSPS) is 14.3. The third kappa shape index (κ3) is 7.92. The Balaban J connectivity index is 2.91. The average molecular weight is 130 g/mol. The Kier molecular flexibility index (Phi) is 4.72. The van der Waals surface area contributed by atoms with Crippen LogP contribution in [-0.2, 0) is 0 Å². The van der Waals surface area contributed by atoms with Crippen LogP contribution < -0.4 is 5.32 Å². The first-order valence-corrected chi connectivity index (χ1v) is 3.34.